The fourth-order valence-electron chi connectivity index (χ4n) is 1.48. The zero-order chi connectivity index (χ0) is 13.8. The molecule has 0 aliphatic heterocycles. The van der Waals surface area contributed by atoms with Gasteiger partial charge < -0.3 is 9.32 Å². The maximum atomic E-state index is 11.9. The predicted octanol–water partition coefficient (Wildman–Crippen LogP) is 1.80. The van der Waals surface area contributed by atoms with E-state index in [1.54, 1.807) is 6.07 Å². The summed E-state index contributed by atoms with van der Waals surface area (Å²) in [5, 5.41) is 12.1. The molecule has 1 amide bonds. The number of rotatable bonds is 5. The molecule has 0 aliphatic rings. The maximum Gasteiger partial charge on any atom is 0.293 e. The molecule has 2 aromatic heterocycles. The molecule has 0 saturated carbocycles. The molecule has 0 aromatic carbocycles. The average molecular weight is 280 g/mol. The first-order chi connectivity index (χ1) is 9.06. The normalized spacial score (nSPS) is 10.9. The number of carbonyl (C=O) groups is 1. The van der Waals surface area contributed by atoms with Crippen molar-refractivity contribution in [3.05, 3.63) is 28.7 Å². The number of furan rings is 1. The van der Waals surface area contributed by atoms with Crippen molar-refractivity contribution in [2.24, 2.45) is 0 Å². The van der Waals surface area contributed by atoms with Crippen LogP contribution in [0.3, 0.4) is 0 Å². The summed E-state index contributed by atoms with van der Waals surface area (Å²) in [4.78, 5) is 14.0. The van der Waals surface area contributed by atoms with Gasteiger partial charge in [0.05, 0.1) is 6.26 Å². The summed E-state index contributed by atoms with van der Waals surface area (Å²) in [6.07, 6.45) is 2.31. The smallest absolute Gasteiger partial charge is 0.293 e. The topological polar surface area (TPSA) is 71.3 Å². The van der Waals surface area contributed by atoms with Crippen LogP contribution in [0.2, 0.25) is 0 Å². The van der Waals surface area contributed by atoms with Gasteiger partial charge in [0.25, 0.3) is 5.91 Å². The number of aromatic nitrogens is 2. The van der Waals surface area contributed by atoms with Crippen LogP contribution in [0.1, 0.15) is 21.1 Å². The number of carbonyl (C=O) groups excluding carboxylic acids is 1. The van der Waals surface area contributed by atoms with Crippen molar-refractivity contribution in [3.8, 4) is 0 Å². The highest BCUT2D eigenvalue weighted by atomic mass is 32.1. The minimum atomic E-state index is -0.294. The lowest BCUT2D eigenvalue weighted by Crippen LogP contribution is -2.14. The van der Waals surface area contributed by atoms with Crippen molar-refractivity contribution < 1.29 is 9.21 Å². The fourth-order valence-corrected chi connectivity index (χ4v) is 2.21. The van der Waals surface area contributed by atoms with Gasteiger partial charge in [-0.2, -0.15) is 0 Å². The van der Waals surface area contributed by atoms with E-state index in [9.17, 15) is 4.79 Å². The second kappa shape index (κ2) is 5.94. The average Bonchev–Trinajstić information content (AvgIpc) is 2.95. The molecular formula is C12H16N4O2S. The maximum absolute atomic E-state index is 11.9. The number of nitrogens with zero attached hydrogens (tertiary/aromatic N) is 3. The van der Waals surface area contributed by atoms with Crippen LogP contribution in [0.5, 0.6) is 0 Å². The SMILES string of the molecule is Cc1ccoc1C(=O)Nc1nnc(CCN(C)C)s1. The summed E-state index contributed by atoms with van der Waals surface area (Å²) in [5.41, 5.74) is 0.801. The molecule has 2 heterocycles. The Hall–Kier alpha value is -1.73. The molecule has 6 nitrogen and oxygen atoms in total. The van der Waals surface area contributed by atoms with Gasteiger partial charge in [-0.15, -0.1) is 10.2 Å². The first-order valence-electron chi connectivity index (χ1n) is 5.89. The number of nitrogens with one attached hydrogen (secondary N) is 1. The van der Waals surface area contributed by atoms with E-state index in [1.165, 1.54) is 17.6 Å². The van der Waals surface area contributed by atoms with Gasteiger partial charge in [0.2, 0.25) is 5.13 Å². The number of amides is 1. The molecule has 0 aliphatic carbocycles. The molecule has 0 unspecified atom stereocenters. The van der Waals surface area contributed by atoms with E-state index >= 15 is 0 Å². The minimum Gasteiger partial charge on any atom is -0.459 e. The van der Waals surface area contributed by atoms with Gasteiger partial charge in [-0.1, -0.05) is 11.3 Å². The Morgan fingerprint density at radius 1 is 1.47 bits per heavy atom. The predicted molar refractivity (Wildman–Crippen MR) is 73.6 cm³/mol. The van der Waals surface area contributed by atoms with Gasteiger partial charge in [-0.3, -0.25) is 10.1 Å². The summed E-state index contributed by atoms with van der Waals surface area (Å²) in [5.74, 6) is 0.0165. The summed E-state index contributed by atoms with van der Waals surface area (Å²) < 4.78 is 5.12. The number of hydrogen-bond acceptors (Lipinski definition) is 6. The second-order valence-corrected chi connectivity index (χ2v) is 5.50. The monoisotopic (exact) mass is 280 g/mol. The van der Waals surface area contributed by atoms with Crippen molar-refractivity contribution in [1.29, 1.82) is 0 Å². The van der Waals surface area contributed by atoms with E-state index in [0.717, 1.165) is 23.5 Å². The van der Waals surface area contributed by atoms with Gasteiger partial charge in [-0.05, 0) is 27.1 Å². The Balaban J connectivity index is 1.96. The van der Waals surface area contributed by atoms with E-state index in [0.29, 0.717) is 10.9 Å². The van der Waals surface area contributed by atoms with Crippen LogP contribution >= 0.6 is 11.3 Å². The molecule has 19 heavy (non-hydrogen) atoms. The summed E-state index contributed by atoms with van der Waals surface area (Å²) in [6, 6.07) is 1.75. The molecule has 0 saturated heterocycles. The first kappa shape index (κ1) is 13.7. The van der Waals surface area contributed by atoms with Gasteiger partial charge in [0.1, 0.15) is 5.01 Å². The number of hydrogen-bond donors (Lipinski definition) is 1. The molecular weight excluding hydrogens is 264 g/mol. The van der Waals surface area contributed by atoms with Gasteiger partial charge in [0.15, 0.2) is 5.76 Å². The standard InChI is InChI=1S/C12H16N4O2S/c1-8-5-7-18-10(8)11(17)13-12-15-14-9(19-12)4-6-16(2)3/h5,7H,4,6H2,1-3H3,(H,13,15,17). The van der Waals surface area contributed by atoms with E-state index in [4.69, 9.17) is 4.42 Å². The number of likely N-dealkylation sites (N-methyl/N-ethyl adjacent to an activating group) is 1. The third-order valence-electron chi connectivity index (χ3n) is 2.53. The molecule has 0 spiro atoms. The van der Waals surface area contributed by atoms with E-state index in [2.05, 4.69) is 20.4 Å². The highest BCUT2D eigenvalue weighted by Crippen LogP contribution is 2.18. The van der Waals surface area contributed by atoms with Crippen LogP contribution in [-0.2, 0) is 6.42 Å². The largest absolute Gasteiger partial charge is 0.459 e. The third kappa shape index (κ3) is 3.62. The Morgan fingerprint density at radius 2 is 2.26 bits per heavy atom. The van der Waals surface area contributed by atoms with E-state index in [1.807, 2.05) is 21.0 Å². The zero-order valence-electron chi connectivity index (χ0n) is 11.1. The Bertz CT molecular complexity index is 562. The van der Waals surface area contributed by atoms with Crippen molar-refractivity contribution in [1.82, 2.24) is 15.1 Å². The number of anilines is 1. The summed E-state index contributed by atoms with van der Waals surface area (Å²) in [7, 11) is 4.01. The van der Waals surface area contributed by atoms with Crippen LogP contribution in [0.4, 0.5) is 5.13 Å². The van der Waals surface area contributed by atoms with Crippen LogP contribution in [0.15, 0.2) is 16.7 Å². The van der Waals surface area contributed by atoms with Gasteiger partial charge in [-0.25, -0.2) is 0 Å². The highest BCUT2D eigenvalue weighted by molar-refractivity contribution is 7.15. The number of aryl methyl sites for hydroxylation is 1. The lowest BCUT2D eigenvalue weighted by atomic mass is 10.3. The van der Waals surface area contributed by atoms with Crippen molar-refractivity contribution >= 4 is 22.4 Å². The van der Waals surface area contributed by atoms with E-state index in [-0.39, 0.29) is 5.91 Å². The van der Waals surface area contributed by atoms with Gasteiger partial charge in [0, 0.05) is 18.5 Å². The fraction of sp³-hybridized carbons (Fsp3) is 0.417. The Morgan fingerprint density at radius 3 is 2.89 bits per heavy atom. The molecule has 0 fully saturated rings. The molecule has 0 radical (unpaired) electrons. The Labute approximate surface area is 115 Å². The minimum absolute atomic E-state index is 0.294. The van der Waals surface area contributed by atoms with Crippen LogP contribution in [0, 0.1) is 6.92 Å². The van der Waals surface area contributed by atoms with Crippen LogP contribution in [-0.4, -0.2) is 41.6 Å². The van der Waals surface area contributed by atoms with Crippen LogP contribution < -0.4 is 5.32 Å². The molecule has 7 heteroatoms. The highest BCUT2D eigenvalue weighted by Gasteiger charge is 2.15. The lowest BCUT2D eigenvalue weighted by molar-refractivity contribution is 0.0996. The first-order valence-corrected chi connectivity index (χ1v) is 6.70. The van der Waals surface area contributed by atoms with Crippen molar-refractivity contribution in [2.75, 3.05) is 26.0 Å². The molecule has 2 rings (SSSR count). The Kier molecular flexibility index (Phi) is 4.28. The lowest BCUT2D eigenvalue weighted by Gasteiger charge is -2.05. The van der Waals surface area contributed by atoms with Crippen LogP contribution in [0.25, 0.3) is 0 Å². The van der Waals surface area contributed by atoms with E-state index < -0.39 is 0 Å². The van der Waals surface area contributed by atoms with Crippen molar-refractivity contribution in [2.45, 2.75) is 13.3 Å². The van der Waals surface area contributed by atoms with Crippen molar-refractivity contribution in [3.63, 3.8) is 0 Å². The quantitative estimate of drug-likeness (QED) is 0.904. The molecule has 2 aromatic rings. The molecule has 0 bridgehead atoms. The molecule has 102 valence electrons. The summed E-state index contributed by atoms with van der Waals surface area (Å²) in [6.45, 7) is 2.72. The zero-order valence-corrected chi connectivity index (χ0v) is 12.0. The second-order valence-electron chi connectivity index (χ2n) is 4.44. The third-order valence-corrected chi connectivity index (χ3v) is 3.43. The summed E-state index contributed by atoms with van der Waals surface area (Å²) >= 11 is 1.38. The molecule has 0 atom stereocenters. The molecule has 1 N–H and O–H groups in total. The van der Waals surface area contributed by atoms with Gasteiger partial charge >= 0.3 is 0 Å².